The van der Waals surface area contributed by atoms with E-state index in [1.54, 1.807) is 12.1 Å². The van der Waals surface area contributed by atoms with E-state index in [0.717, 1.165) is 35.0 Å². The highest BCUT2D eigenvalue weighted by Gasteiger charge is 2.37. The van der Waals surface area contributed by atoms with E-state index in [0.29, 0.717) is 49.6 Å². The number of halogens is 1. The standard InChI is InChI=1S/C30H35ClN6O2/c1-2-25-20-27(34-24-11-5-21(6-12-24)29(38)33-16-15-32)35-28-26(4-3-17-37(25)28)36-18-13-30(39,14-19-36)22-7-9-23(31)10-8-22/h3-12,17,20,25,34,39H,2,13-16,18-19,32H2,1H3,(H,33,38)/t25-/m1/s1. The number of aliphatic hydroxyl groups is 1. The Morgan fingerprint density at radius 1 is 1.15 bits per heavy atom. The van der Waals surface area contributed by atoms with Crippen molar-refractivity contribution in [3.05, 3.63) is 101 Å². The van der Waals surface area contributed by atoms with Crippen LogP contribution in [0, 0.1) is 0 Å². The number of aliphatic imine (C=N–C) groups is 1. The number of likely N-dealkylation sites (tertiary alicyclic amines) is 1. The fraction of sp³-hybridized carbons (Fsp3) is 0.333. The summed E-state index contributed by atoms with van der Waals surface area (Å²) >= 11 is 6.06. The van der Waals surface area contributed by atoms with E-state index in [1.807, 2.05) is 36.4 Å². The van der Waals surface area contributed by atoms with Gasteiger partial charge in [-0.3, -0.25) is 4.79 Å². The predicted molar refractivity (Wildman–Crippen MR) is 156 cm³/mol. The van der Waals surface area contributed by atoms with Gasteiger partial charge in [-0.1, -0.05) is 30.7 Å². The molecule has 0 spiro atoms. The number of carbonyl (C=O) groups is 1. The Morgan fingerprint density at radius 3 is 2.54 bits per heavy atom. The summed E-state index contributed by atoms with van der Waals surface area (Å²) in [6.07, 6.45) is 10.5. The molecule has 3 aliphatic rings. The molecule has 204 valence electrons. The number of hydrogen-bond donors (Lipinski definition) is 4. The molecular weight excluding hydrogens is 512 g/mol. The van der Waals surface area contributed by atoms with E-state index >= 15 is 0 Å². The number of nitrogens with two attached hydrogens (primary N) is 1. The smallest absolute Gasteiger partial charge is 0.251 e. The van der Waals surface area contributed by atoms with Gasteiger partial charge in [0.15, 0.2) is 5.84 Å². The van der Waals surface area contributed by atoms with Crippen LogP contribution in [0.4, 0.5) is 5.69 Å². The Balaban J connectivity index is 1.31. The molecule has 8 nitrogen and oxygen atoms in total. The highest BCUT2D eigenvalue weighted by atomic mass is 35.5. The molecule has 0 unspecified atom stereocenters. The molecule has 3 aliphatic heterocycles. The van der Waals surface area contributed by atoms with E-state index in [-0.39, 0.29) is 11.9 Å². The molecule has 0 radical (unpaired) electrons. The third-order valence-electron chi connectivity index (χ3n) is 7.49. The lowest BCUT2D eigenvalue weighted by atomic mass is 9.84. The van der Waals surface area contributed by atoms with Gasteiger partial charge in [-0.05, 0) is 79.5 Å². The second kappa shape index (κ2) is 11.7. The van der Waals surface area contributed by atoms with E-state index in [1.165, 1.54) is 0 Å². The molecule has 39 heavy (non-hydrogen) atoms. The van der Waals surface area contributed by atoms with Crippen molar-refractivity contribution in [3.63, 3.8) is 0 Å². The third kappa shape index (κ3) is 5.88. The molecule has 5 N–H and O–H groups in total. The van der Waals surface area contributed by atoms with Crippen LogP contribution in [0.25, 0.3) is 0 Å². The molecule has 0 saturated carbocycles. The Kier molecular flexibility index (Phi) is 8.07. The summed E-state index contributed by atoms with van der Waals surface area (Å²) < 4.78 is 0. The second-order valence-corrected chi connectivity index (χ2v) is 10.5. The summed E-state index contributed by atoms with van der Waals surface area (Å²) in [5, 5.41) is 18.2. The lowest BCUT2D eigenvalue weighted by Crippen LogP contribution is -2.48. The van der Waals surface area contributed by atoms with Crippen molar-refractivity contribution in [1.82, 2.24) is 15.1 Å². The quantitative estimate of drug-likeness (QED) is 0.396. The van der Waals surface area contributed by atoms with Gasteiger partial charge >= 0.3 is 0 Å². The summed E-state index contributed by atoms with van der Waals surface area (Å²) in [6.45, 7) is 4.43. The lowest BCUT2D eigenvalue weighted by Gasteiger charge is -2.43. The van der Waals surface area contributed by atoms with Gasteiger partial charge in [0.2, 0.25) is 0 Å². The number of amidine groups is 1. The Bertz CT molecular complexity index is 1310. The summed E-state index contributed by atoms with van der Waals surface area (Å²) in [4.78, 5) is 21.7. The number of rotatable bonds is 8. The highest BCUT2D eigenvalue weighted by Crippen LogP contribution is 2.36. The number of hydrogen-bond acceptors (Lipinski definition) is 7. The minimum atomic E-state index is -0.869. The van der Waals surface area contributed by atoms with Crippen molar-refractivity contribution in [3.8, 4) is 0 Å². The third-order valence-corrected chi connectivity index (χ3v) is 7.74. The van der Waals surface area contributed by atoms with Crippen LogP contribution in [-0.4, -0.2) is 58.9 Å². The van der Waals surface area contributed by atoms with Crippen molar-refractivity contribution in [1.29, 1.82) is 0 Å². The first-order chi connectivity index (χ1) is 18.9. The number of benzene rings is 2. The van der Waals surface area contributed by atoms with Crippen LogP contribution >= 0.6 is 11.6 Å². The van der Waals surface area contributed by atoms with Crippen LogP contribution < -0.4 is 16.4 Å². The van der Waals surface area contributed by atoms with Gasteiger partial charge < -0.3 is 31.3 Å². The highest BCUT2D eigenvalue weighted by molar-refractivity contribution is 6.30. The summed E-state index contributed by atoms with van der Waals surface area (Å²) in [7, 11) is 0. The van der Waals surface area contributed by atoms with Crippen LogP contribution in [-0.2, 0) is 5.60 Å². The number of anilines is 1. The molecule has 1 amide bonds. The molecule has 3 heterocycles. The zero-order chi connectivity index (χ0) is 27.4. The maximum atomic E-state index is 12.2. The summed E-state index contributed by atoms with van der Waals surface area (Å²) in [5.74, 6) is 1.52. The molecule has 9 heteroatoms. The fourth-order valence-electron chi connectivity index (χ4n) is 5.24. The first kappa shape index (κ1) is 27.0. The van der Waals surface area contributed by atoms with Gasteiger partial charge in [0.25, 0.3) is 5.91 Å². The summed E-state index contributed by atoms with van der Waals surface area (Å²) in [5.41, 5.74) is 8.00. The minimum absolute atomic E-state index is 0.140. The van der Waals surface area contributed by atoms with E-state index in [2.05, 4.69) is 51.8 Å². The van der Waals surface area contributed by atoms with Crippen LogP contribution in [0.15, 0.2) is 89.5 Å². The largest absolute Gasteiger partial charge is 0.385 e. The van der Waals surface area contributed by atoms with E-state index < -0.39 is 5.60 Å². The zero-order valence-corrected chi connectivity index (χ0v) is 22.9. The average molecular weight is 547 g/mol. The van der Waals surface area contributed by atoms with Crippen LogP contribution in [0.5, 0.6) is 0 Å². The Hall–Kier alpha value is -3.59. The van der Waals surface area contributed by atoms with Crippen LogP contribution in [0.3, 0.4) is 0 Å². The number of fused-ring (bicyclic) bond motifs is 1. The fourth-order valence-corrected chi connectivity index (χ4v) is 5.36. The van der Waals surface area contributed by atoms with Crippen LogP contribution in [0.1, 0.15) is 42.1 Å². The van der Waals surface area contributed by atoms with E-state index in [9.17, 15) is 9.90 Å². The molecule has 1 fully saturated rings. The number of piperidine rings is 1. The van der Waals surface area contributed by atoms with E-state index in [4.69, 9.17) is 22.3 Å². The van der Waals surface area contributed by atoms with Crippen LogP contribution in [0.2, 0.25) is 5.02 Å². The molecule has 1 saturated heterocycles. The van der Waals surface area contributed by atoms with Crippen molar-refractivity contribution < 1.29 is 9.90 Å². The first-order valence-electron chi connectivity index (χ1n) is 13.5. The first-order valence-corrected chi connectivity index (χ1v) is 13.8. The maximum absolute atomic E-state index is 12.2. The van der Waals surface area contributed by atoms with Crippen molar-refractivity contribution >= 4 is 29.0 Å². The molecule has 2 aromatic rings. The number of allylic oxidation sites excluding steroid dienone is 2. The molecule has 1 atom stereocenters. The van der Waals surface area contributed by atoms with Gasteiger partial charge in [-0.25, -0.2) is 4.99 Å². The number of nitrogens with one attached hydrogen (secondary N) is 2. The SMILES string of the molecule is CC[C@@H]1C=C(Nc2ccc(C(=O)NCCN)cc2)N=C2C(N3CCC(O)(c4ccc(Cl)cc4)CC3)=CC=CN21. The molecular formula is C30H35ClN6O2. The lowest BCUT2D eigenvalue weighted by molar-refractivity contribution is -0.0176. The Morgan fingerprint density at radius 2 is 1.87 bits per heavy atom. The second-order valence-electron chi connectivity index (χ2n) is 10.0. The maximum Gasteiger partial charge on any atom is 0.251 e. The van der Waals surface area contributed by atoms with Gasteiger partial charge in [-0.2, -0.15) is 0 Å². The number of nitrogens with zero attached hydrogens (tertiary/aromatic N) is 3. The zero-order valence-electron chi connectivity index (χ0n) is 22.1. The average Bonchev–Trinajstić information content (AvgIpc) is 2.96. The topological polar surface area (TPSA) is 106 Å². The molecule has 2 aromatic carbocycles. The predicted octanol–water partition coefficient (Wildman–Crippen LogP) is 4.17. The number of carbonyl (C=O) groups excluding carboxylic acids is 1. The van der Waals surface area contributed by atoms with Gasteiger partial charge in [0.05, 0.1) is 17.3 Å². The molecule has 0 aromatic heterocycles. The monoisotopic (exact) mass is 546 g/mol. The summed E-state index contributed by atoms with van der Waals surface area (Å²) in [6, 6.07) is 15.0. The molecule has 0 aliphatic carbocycles. The number of amides is 1. The molecule has 0 bridgehead atoms. The van der Waals surface area contributed by atoms with Gasteiger partial charge in [-0.15, -0.1) is 0 Å². The molecule has 5 rings (SSSR count). The van der Waals surface area contributed by atoms with Gasteiger partial charge in [0.1, 0.15) is 5.82 Å². The van der Waals surface area contributed by atoms with Crippen molar-refractivity contribution in [2.24, 2.45) is 10.7 Å². The van der Waals surface area contributed by atoms with Crippen molar-refractivity contribution in [2.45, 2.75) is 37.8 Å². The van der Waals surface area contributed by atoms with Crippen molar-refractivity contribution in [2.75, 3.05) is 31.5 Å². The normalized spacial score (nSPS) is 20.0. The van der Waals surface area contributed by atoms with Gasteiger partial charge in [0, 0.05) is 48.7 Å². The minimum Gasteiger partial charge on any atom is -0.385 e. The Labute approximate surface area is 234 Å².